The fourth-order valence-electron chi connectivity index (χ4n) is 4.64. The first-order valence-corrected chi connectivity index (χ1v) is 12.1. The molecule has 0 amide bonds. The zero-order valence-corrected chi connectivity index (χ0v) is 20.3. The molecule has 4 heteroatoms. The molecule has 0 N–H and O–H groups in total. The third-order valence-corrected chi connectivity index (χ3v) is 6.46. The number of benzene rings is 4. The predicted molar refractivity (Wildman–Crippen MR) is 149 cm³/mol. The lowest BCUT2D eigenvalue weighted by Gasteiger charge is -2.15. The van der Waals surface area contributed by atoms with E-state index in [1.165, 1.54) is 22.3 Å². The van der Waals surface area contributed by atoms with Gasteiger partial charge in [0.25, 0.3) is 0 Å². The van der Waals surface area contributed by atoms with Gasteiger partial charge >= 0.3 is 0 Å². The molecule has 174 valence electrons. The molecule has 0 spiro atoms. The summed E-state index contributed by atoms with van der Waals surface area (Å²) in [6.45, 7) is 0. The van der Waals surface area contributed by atoms with Crippen LogP contribution in [-0.2, 0) is 0 Å². The van der Waals surface area contributed by atoms with Crippen molar-refractivity contribution in [3.63, 3.8) is 0 Å². The van der Waals surface area contributed by atoms with Gasteiger partial charge in [0.2, 0.25) is 5.95 Å². The minimum Gasteiger partial charge on any atom is -0.348 e. The topological polar surface area (TPSA) is 34.0 Å². The molecule has 0 fully saturated rings. The van der Waals surface area contributed by atoms with Crippen molar-refractivity contribution in [1.82, 2.24) is 14.5 Å². The third kappa shape index (κ3) is 3.93. The zero-order chi connectivity index (χ0) is 24.5. The fourth-order valence-corrected chi connectivity index (χ4v) is 4.64. The number of aromatic nitrogens is 3. The average Bonchev–Trinajstić information content (AvgIpc) is 3.35. The summed E-state index contributed by atoms with van der Waals surface area (Å²) < 4.78 is 2.13. The van der Waals surface area contributed by atoms with Crippen LogP contribution in [0.1, 0.15) is 0 Å². The maximum absolute atomic E-state index is 5.05. The first kappa shape index (κ1) is 21.8. The van der Waals surface area contributed by atoms with E-state index in [-0.39, 0.29) is 0 Å². The summed E-state index contributed by atoms with van der Waals surface area (Å²) in [5.74, 6) is 0.846. The van der Waals surface area contributed by atoms with Gasteiger partial charge in [-0.3, -0.25) is 4.57 Å². The Morgan fingerprint density at radius 2 is 1.06 bits per heavy atom. The van der Waals surface area contributed by atoms with E-state index < -0.39 is 0 Å². The molecule has 6 aromatic rings. The molecular weight excluding hydrogens is 440 g/mol. The highest BCUT2D eigenvalue weighted by molar-refractivity contribution is 5.93. The molecule has 0 bridgehead atoms. The summed E-state index contributed by atoms with van der Waals surface area (Å²) in [5, 5.41) is 0. The highest BCUT2D eigenvalue weighted by atomic mass is 15.3. The molecule has 0 radical (unpaired) electrons. The van der Waals surface area contributed by atoms with E-state index in [0.717, 1.165) is 33.9 Å². The molecule has 0 aliphatic heterocycles. The van der Waals surface area contributed by atoms with Crippen molar-refractivity contribution in [2.75, 3.05) is 19.0 Å². The van der Waals surface area contributed by atoms with Gasteiger partial charge in [-0.05, 0) is 46.0 Å². The van der Waals surface area contributed by atoms with Gasteiger partial charge in [-0.2, -0.15) is 0 Å². The lowest BCUT2D eigenvalue weighted by Crippen LogP contribution is -2.14. The normalized spacial score (nSPS) is 11.1. The maximum Gasteiger partial charge on any atom is 0.212 e. The van der Waals surface area contributed by atoms with Crippen molar-refractivity contribution in [2.24, 2.45) is 0 Å². The number of rotatable bonds is 5. The van der Waals surface area contributed by atoms with Crippen LogP contribution in [0.3, 0.4) is 0 Å². The summed E-state index contributed by atoms with van der Waals surface area (Å²) >= 11 is 0. The van der Waals surface area contributed by atoms with Gasteiger partial charge in [0.05, 0.1) is 5.69 Å². The van der Waals surface area contributed by atoms with Crippen LogP contribution in [0.15, 0.2) is 121 Å². The zero-order valence-electron chi connectivity index (χ0n) is 20.3. The summed E-state index contributed by atoms with van der Waals surface area (Å²) in [6, 6.07) is 40.2. The smallest absolute Gasteiger partial charge is 0.212 e. The van der Waals surface area contributed by atoms with E-state index in [1.807, 2.05) is 37.3 Å². The Balaban J connectivity index is 1.44. The van der Waals surface area contributed by atoms with E-state index in [4.69, 9.17) is 9.97 Å². The third-order valence-electron chi connectivity index (χ3n) is 6.46. The van der Waals surface area contributed by atoms with Crippen LogP contribution >= 0.6 is 0 Å². The Morgan fingerprint density at radius 1 is 0.556 bits per heavy atom. The van der Waals surface area contributed by atoms with Crippen LogP contribution in [0.5, 0.6) is 0 Å². The fraction of sp³-hybridized carbons (Fsp3) is 0.0625. The molecular formula is C32H26N4. The molecule has 6 rings (SSSR count). The monoisotopic (exact) mass is 466 g/mol. The summed E-state index contributed by atoms with van der Waals surface area (Å²) in [6.07, 6.45) is 1.87. The van der Waals surface area contributed by atoms with Gasteiger partial charge in [-0.15, -0.1) is 0 Å². The van der Waals surface area contributed by atoms with Crippen LogP contribution in [0.4, 0.5) is 5.95 Å². The van der Waals surface area contributed by atoms with Gasteiger partial charge in [0, 0.05) is 25.9 Å². The van der Waals surface area contributed by atoms with E-state index in [1.54, 1.807) is 0 Å². The van der Waals surface area contributed by atoms with Crippen molar-refractivity contribution in [3.8, 4) is 39.1 Å². The molecule has 0 atom stereocenters. The molecule has 0 aliphatic rings. The second-order valence-corrected chi connectivity index (χ2v) is 9.03. The summed E-state index contributed by atoms with van der Waals surface area (Å²) in [4.78, 5) is 11.9. The van der Waals surface area contributed by atoms with Gasteiger partial charge < -0.3 is 4.90 Å². The van der Waals surface area contributed by atoms with Gasteiger partial charge in [0.15, 0.2) is 5.65 Å². The molecule has 0 saturated heterocycles. The Hall–Kier alpha value is -4.70. The van der Waals surface area contributed by atoms with Crippen molar-refractivity contribution in [1.29, 1.82) is 0 Å². The van der Waals surface area contributed by atoms with Crippen LogP contribution < -0.4 is 4.90 Å². The number of hydrogen-bond acceptors (Lipinski definition) is 3. The SMILES string of the molecule is CN(C)c1nc2c(-c3ccc(-c4ccccc4)cc3)ccnc2n1-c1ccc(-c2ccccc2)cc1. The first-order chi connectivity index (χ1) is 17.7. The van der Waals surface area contributed by atoms with E-state index in [0.29, 0.717) is 0 Å². The van der Waals surface area contributed by atoms with Gasteiger partial charge in [-0.1, -0.05) is 97.1 Å². The average molecular weight is 467 g/mol. The standard InChI is InChI=1S/C32H26N4/c1-35(2)32-34-30-29(27-15-13-25(14-16-27)23-9-5-3-6-10-23)21-22-33-31(30)36(32)28-19-17-26(18-20-28)24-11-7-4-8-12-24/h3-22H,1-2H3. The largest absolute Gasteiger partial charge is 0.348 e. The highest BCUT2D eigenvalue weighted by Gasteiger charge is 2.18. The number of pyridine rings is 1. The molecule has 4 aromatic carbocycles. The molecule has 36 heavy (non-hydrogen) atoms. The van der Waals surface area contributed by atoms with Crippen molar-refractivity contribution in [2.45, 2.75) is 0 Å². The minimum absolute atomic E-state index is 0.843. The van der Waals surface area contributed by atoms with Gasteiger partial charge in [0.1, 0.15) is 5.52 Å². The van der Waals surface area contributed by atoms with Crippen LogP contribution in [-0.4, -0.2) is 28.6 Å². The summed E-state index contributed by atoms with van der Waals surface area (Å²) in [7, 11) is 4.04. The second-order valence-electron chi connectivity index (χ2n) is 9.03. The van der Waals surface area contributed by atoms with Crippen molar-refractivity contribution < 1.29 is 0 Å². The molecule has 0 saturated carbocycles. The maximum atomic E-state index is 5.05. The number of imidazole rings is 1. The Labute approximate surface area is 211 Å². The van der Waals surface area contributed by atoms with Crippen molar-refractivity contribution >= 4 is 17.1 Å². The quantitative estimate of drug-likeness (QED) is 0.264. The minimum atomic E-state index is 0.843. The number of nitrogens with zero attached hydrogens (tertiary/aromatic N) is 4. The van der Waals surface area contributed by atoms with E-state index in [9.17, 15) is 0 Å². The highest BCUT2D eigenvalue weighted by Crippen LogP contribution is 2.33. The van der Waals surface area contributed by atoms with Crippen LogP contribution in [0.2, 0.25) is 0 Å². The predicted octanol–water partition coefficient (Wildman–Crippen LogP) is 7.49. The molecule has 2 heterocycles. The molecule has 0 unspecified atom stereocenters. The molecule has 0 aliphatic carbocycles. The number of anilines is 1. The van der Waals surface area contributed by atoms with Gasteiger partial charge in [-0.25, -0.2) is 9.97 Å². The van der Waals surface area contributed by atoms with E-state index in [2.05, 4.69) is 108 Å². The van der Waals surface area contributed by atoms with Crippen LogP contribution in [0, 0.1) is 0 Å². The number of fused-ring (bicyclic) bond motifs is 1. The lowest BCUT2D eigenvalue weighted by molar-refractivity contribution is 0.963. The van der Waals surface area contributed by atoms with E-state index >= 15 is 0 Å². The second kappa shape index (κ2) is 9.16. The number of hydrogen-bond donors (Lipinski definition) is 0. The lowest BCUT2D eigenvalue weighted by atomic mass is 10.0. The first-order valence-electron chi connectivity index (χ1n) is 12.1. The molecule has 4 nitrogen and oxygen atoms in total. The molecule has 2 aromatic heterocycles. The Bertz CT molecular complexity index is 1620. The van der Waals surface area contributed by atoms with Crippen LogP contribution in [0.25, 0.3) is 50.2 Å². The Kier molecular flexibility index (Phi) is 5.55. The Morgan fingerprint density at radius 3 is 1.61 bits per heavy atom. The summed E-state index contributed by atoms with van der Waals surface area (Å²) in [5.41, 5.74) is 9.75. The van der Waals surface area contributed by atoms with Crippen molar-refractivity contribution in [3.05, 3.63) is 121 Å².